The minimum atomic E-state index is 1.05. The van der Waals surface area contributed by atoms with E-state index in [9.17, 15) is 0 Å². The van der Waals surface area contributed by atoms with Crippen LogP contribution in [0.5, 0.6) is 0 Å². The molecule has 0 aromatic rings. The van der Waals surface area contributed by atoms with Crippen LogP contribution in [-0.4, -0.2) is 0 Å². The molecule has 0 atom stereocenters. The number of hydrogen-bond acceptors (Lipinski definition) is 0. The van der Waals surface area contributed by atoms with Gasteiger partial charge in [0, 0.05) is 6.42 Å². The fourth-order valence-electron chi connectivity index (χ4n) is 0.596. The lowest BCUT2D eigenvalue weighted by atomic mass is 10.2. The highest BCUT2D eigenvalue weighted by Crippen LogP contribution is 1.92. The molecular formula is C11H15. The summed E-state index contributed by atoms with van der Waals surface area (Å²) in [5.41, 5.74) is 0. The third kappa shape index (κ3) is 8.96. The smallest absolute Gasteiger partial charge is 0.00473 e. The number of unbranched alkanes of at least 4 members (excludes halogenated alkanes) is 1. The normalized spacial score (nSPS) is 10.9. The average molecular weight is 147 g/mol. The highest BCUT2D eigenvalue weighted by Gasteiger charge is 1.73. The first-order valence-electron chi connectivity index (χ1n) is 3.80. The van der Waals surface area contributed by atoms with Crippen molar-refractivity contribution in [2.45, 2.75) is 12.8 Å². The molecule has 0 nitrogen and oxygen atoms in total. The van der Waals surface area contributed by atoms with Crippen molar-refractivity contribution in [2.24, 2.45) is 0 Å². The number of hydrogen-bond donors (Lipinski definition) is 0. The Morgan fingerprint density at radius 1 is 0.909 bits per heavy atom. The summed E-state index contributed by atoms with van der Waals surface area (Å²) >= 11 is 0. The maximum atomic E-state index is 3.64. The van der Waals surface area contributed by atoms with Crippen LogP contribution in [0, 0.1) is 6.42 Å². The monoisotopic (exact) mass is 147 g/mol. The Morgan fingerprint density at radius 2 is 1.73 bits per heavy atom. The van der Waals surface area contributed by atoms with Crippen LogP contribution in [0.1, 0.15) is 12.8 Å². The zero-order valence-electron chi connectivity index (χ0n) is 6.87. The molecule has 0 aliphatic carbocycles. The Labute approximate surface area is 69.6 Å². The molecule has 11 heavy (non-hydrogen) atoms. The number of rotatable bonds is 6. The van der Waals surface area contributed by atoms with Crippen molar-refractivity contribution >= 4 is 0 Å². The quantitative estimate of drug-likeness (QED) is 0.306. The van der Waals surface area contributed by atoms with Gasteiger partial charge in [-0.15, -0.1) is 6.58 Å². The van der Waals surface area contributed by atoms with E-state index in [2.05, 4.69) is 19.2 Å². The molecule has 0 unspecified atom stereocenters. The standard InChI is InChI=1S/C11H15/c1-3-5-7-9-11-10-8-6-4-2/h3-5,7,9-11H,1-2,6,8H2/b7-5-,11-10+. The first-order valence-corrected chi connectivity index (χ1v) is 3.80. The van der Waals surface area contributed by atoms with Crippen LogP contribution in [0.3, 0.4) is 0 Å². The van der Waals surface area contributed by atoms with Crippen molar-refractivity contribution in [1.82, 2.24) is 0 Å². The van der Waals surface area contributed by atoms with E-state index >= 15 is 0 Å². The Balaban J connectivity index is 3.22. The molecule has 0 aromatic heterocycles. The lowest BCUT2D eigenvalue weighted by Gasteiger charge is -1.83. The molecule has 1 radical (unpaired) electrons. The zero-order valence-corrected chi connectivity index (χ0v) is 6.87. The first-order chi connectivity index (χ1) is 5.41. The summed E-state index contributed by atoms with van der Waals surface area (Å²) in [7, 11) is 0. The van der Waals surface area contributed by atoms with Gasteiger partial charge in [0.1, 0.15) is 0 Å². The molecule has 0 amide bonds. The second-order valence-electron chi connectivity index (χ2n) is 2.11. The molecule has 59 valence electrons. The maximum Gasteiger partial charge on any atom is 0.00473 e. The van der Waals surface area contributed by atoms with Crippen LogP contribution in [0.15, 0.2) is 49.6 Å². The van der Waals surface area contributed by atoms with Gasteiger partial charge in [0.25, 0.3) is 0 Å². The SMILES string of the molecule is C=C/C=C\[CH]/C=C/CCC=C. The Hall–Kier alpha value is -1.04. The molecule has 0 spiro atoms. The van der Waals surface area contributed by atoms with Gasteiger partial charge in [-0.2, -0.15) is 0 Å². The van der Waals surface area contributed by atoms with E-state index in [0.717, 1.165) is 12.8 Å². The predicted molar refractivity (Wildman–Crippen MR) is 52.2 cm³/mol. The largest absolute Gasteiger partial charge is 0.103 e. The van der Waals surface area contributed by atoms with Crippen molar-refractivity contribution in [1.29, 1.82) is 0 Å². The molecule has 0 N–H and O–H groups in total. The topological polar surface area (TPSA) is 0 Å². The maximum absolute atomic E-state index is 3.64. The summed E-state index contributed by atoms with van der Waals surface area (Å²) in [6.45, 7) is 7.20. The van der Waals surface area contributed by atoms with E-state index in [1.54, 1.807) is 6.08 Å². The average Bonchev–Trinajstić information content (AvgIpc) is 2.03. The summed E-state index contributed by atoms with van der Waals surface area (Å²) < 4.78 is 0. The van der Waals surface area contributed by atoms with Gasteiger partial charge in [-0.1, -0.05) is 43.0 Å². The summed E-state index contributed by atoms with van der Waals surface area (Å²) in [5.74, 6) is 0. The summed E-state index contributed by atoms with van der Waals surface area (Å²) in [6, 6.07) is 0. The van der Waals surface area contributed by atoms with E-state index in [1.165, 1.54) is 0 Å². The molecule has 0 saturated carbocycles. The first kappa shape index (κ1) is 9.96. The van der Waals surface area contributed by atoms with Gasteiger partial charge in [0.15, 0.2) is 0 Å². The fraction of sp³-hybridized carbons (Fsp3) is 0.182. The van der Waals surface area contributed by atoms with Gasteiger partial charge in [-0.3, -0.25) is 0 Å². The van der Waals surface area contributed by atoms with Crippen molar-refractivity contribution in [3.63, 3.8) is 0 Å². The molecule has 0 aromatic carbocycles. The fourth-order valence-corrected chi connectivity index (χ4v) is 0.596. The minimum Gasteiger partial charge on any atom is -0.103 e. The third-order valence-corrected chi connectivity index (χ3v) is 1.14. The molecule has 0 saturated heterocycles. The van der Waals surface area contributed by atoms with Gasteiger partial charge >= 0.3 is 0 Å². The Bertz CT molecular complexity index is 149. The van der Waals surface area contributed by atoms with Gasteiger partial charge in [-0.05, 0) is 12.8 Å². The summed E-state index contributed by atoms with van der Waals surface area (Å²) in [5, 5.41) is 0. The highest BCUT2D eigenvalue weighted by molar-refractivity contribution is 5.12. The molecule has 0 bridgehead atoms. The second-order valence-corrected chi connectivity index (χ2v) is 2.11. The van der Waals surface area contributed by atoms with Crippen LogP contribution >= 0.6 is 0 Å². The Morgan fingerprint density at radius 3 is 2.36 bits per heavy atom. The second kappa shape index (κ2) is 8.96. The molecule has 0 rings (SSSR count). The highest BCUT2D eigenvalue weighted by atomic mass is 13.8. The van der Waals surface area contributed by atoms with Crippen molar-refractivity contribution < 1.29 is 0 Å². The molecule has 0 heterocycles. The van der Waals surface area contributed by atoms with Crippen molar-refractivity contribution in [3.05, 3.63) is 56.0 Å². The molecule has 0 fully saturated rings. The number of allylic oxidation sites excluding steroid dienone is 6. The van der Waals surface area contributed by atoms with Gasteiger partial charge in [0.2, 0.25) is 0 Å². The lowest BCUT2D eigenvalue weighted by molar-refractivity contribution is 1.05. The van der Waals surface area contributed by atoms with Crippen molar-refractivity contribution in [2.75, 3.05) is 0 Å². The molecular weight excluding hydrogens is 132 g/mol. The summed E-state index contributed by atoms with van der Waals surface area (Å²) in [6.07, 6.45) is 15.8. The molecule has 0 heteroatoms. The van der Waals surface area contributed by atoms with E-state index in [4.69, 9.17) is 0 Å². The Kier molecular flexibility index (Phi) is 8.11. The zero-order chi connectivity index (χ0) is 8.36. The van der Waals surface area contributed by atoms with E-state index < -0.39 is 0 Å². The van der Waals surface area contributed by atoms with Crippen LogP contribution in [0.25, 0.3) is 0 Å². The van der Waals surface area contributed by atoms with Gasteiger partial charge in [0.05, 0.1) is 0 Å². The minimum absolute atomic E-state index is 1.05. The van der Waals surface area contributed by atoms with E-state index in [1.807, 2.05) is 30.7 Å². The van der Waals surface area contributed by atoms with Crippen molar-refractivity contribution in [3.8, 4) is 0 Å². The van der Waals surface area contributed by atoms with Gasteiger partial charge < -0.3 is 0 Å². The third-order valence-electron chi connectivity index (χ3n) is 1.14. The van der Waals surface area contributed by atoms with Crippen LogP contribution in [0.2, 0.25) is 0 Å². The van der Waals surface area contributed by atoms with E-state index in [-0.39, 0.29) is 0 Å². The molecule has 0 aliphatic rings. The van der Waals surface area contributed by atoms with Crippen LogP contribution < -0.4 is 0 Å². The van der Waals surface area contributed by atoms with E-state index in [0.29, 0.717) is 0 Å². The van der Waals surface area contributed by atoms with Gasteiger partial charge in [-0.25, -0.2) is 0 Å². The van der Waals surface area contributed by atoms with Crippen LogP contribution in [-0.2, 0) is 0 Å². The summed E-state index contributed by atoms with van der Waals surface area (Å²) in [4.78, 5) is 0. The predicted octanol–water partition coefficient (Wildman–Crippen LogP) is 3.46. The van der Waals surface area contributed by atoms with Crippen LogP contribution in [0.4, 0.5) is 0 Å². The molecule has 0 aliphatic heterocycles. The lowest BCUT2D eigenvalue weighted by Crippen LogP contribution is -1.63.